The summed E-state index contributed by atoms with van der Waals surface area (Å²) in [5.74, 6) is 0.455. The Balaban J connectivity index is 1.76. The second kappa shape index (κ2) is 6.29. The lowest BCUT2D eigenvalue weighted by atomic mass is 10.2. The van der Waals surface area contributed by atoms with E-state index in [1.807, 2.05) is 0 Å². The van der Waals surface area contributed by atoms with Gasteiger partial charge in [0.1, 0.15) is 18.5 Å². The lowest BCUT2D eigenvalue weighted by Gasteiger charge is -2.18. The van der Waals surface area contributed by atoms with Crippen molar-refractivity contribution in [3.63, 3.8) is 0 Å². The predicted molar refractivity (Wildman–Crippen MR) is 75.0 cm³/mol. The number of ether oxygens (including phenoxy) is 1. The van der Waals surface area contributed by atoms with E-state index in [-0.39, 0.29) is 18.8 Å². The third kappa shape index (κ3) is 4.23. The van der Waals surface area contributed by atoms with Crippen LogP contribution in [0.25, 0.3) is 0 Å². The molecule has 0 aromatic heterocycles. The summed E-state index contributed by atoms with van der Waals surface area (Å²) in [7, 11) is 0. The van der Waals surface area contributed by atoms with Crippen molar-refractivity contribution in [2.24, 2.45) is 0 Å². The highest BCUT2D eigenvalue weighted by molar-refractivity contribution is 6.34. The van der Waals surface area contributed by atoms with Crippen molar-refractivity contribution >= 4 is 23.2 Å². The van der Waals surface area contributed by atoms with E-state index in [2.05, 4.69) is 5.32 Å². The summed E-state index contributed by atoms with van der Waals surface area (Å²) >= 11 is 11.8. The van der Waals surface area contributed by atoms with E-state index < -0.39 is 6.10 Å². The van der Waals surface area contributed by atoms with Gasteiger partial charge in [0.2, 0.25) is 0 Å². The molecule has 1 aromatic carbocycles. The van der Waals surface area contributed by atoms with Crippen LogP contribution in [0.1, 0.15) is 12.8 Å². The van der Waals surface area contributed by atoms with Gasteiger partial charge in [0.05, 0.1) is 11.6 Å². The maximum atomic E-state index is 9.81. The molecule has 1 atom stereocenters. The largest absolute Gasteiger partial charge is 0.489 e. The monoisotopic (exact) mass is 305 g/mol. The third-order valence-electron chi connectivity index (χ3n) is 3.19. The zero-order chi connectivity index (χ0) is 13.9. The lowest BCUT2D eigenvalue weighted by molar-refractivity contribution is 0.0979. The first-order chi connectivity index (χ1) is 9.04. The average Bonchev–Trinajstić information content (AvgIpc) is 3.18. The molecule has 106 valence electrons. The number of halogens is 2. The van der Waals surface area contributed by atoms with Crippen LogP contribution in [0.4, 0.5) is 0 Å². The van der Waals surface area contributed by atoms with Crippen molar-refractivity contribution in [2.45, 2.75) is 24.5 Å². The molecule has 1 aliphatic carbocycles. The van der Waals surface area contributed by atoms with Crippen LogP contribution in [-0.2, 0) is 0 Å². The van der Waals surface area contributed by atoms with Gasteiger partial charge in [0.25, 0.3) is 0 Å². The summed E-state index contributed by atoms with van der Waals surface area (Å²) in [6.07, 6.45) is 1.22. The maximum Gasteiger partial charge on any atom is 0.139 e. The van der Waals surface area contributed by atoms with Crippen LogP contribution in [0.5, 0.6) is 5.75 Å². The summed E-state index contributed by atoms with van der Waals surface area (Å²) < 4.78 is 5.43. The van der Waals surface area contributed by atoms with Crippen LogP contribution < -0.4 is 10.1 Å². The van der Waals surface area contributed by atoms with Gasteiger partial charge in [0, 0.05) is 23.2 Å². The Kier molecular flexibility index (Phi) is 4.92. The predicted octanol–water partition coefficient (Wildman–Crippen LogP) is 1.85. The number of hydrogen-bond acceptors (Lipinski definition) is 4. The van der Waals surface area contributed by atoms with Gasteiger partial charge in [-0.2, -0.15) is 0 Å². The van der Waals surface area contributed by atoms with E-state index in [1.165, 1.54) is 0 Å². The van der Waals surface area contributed by atoms with Gasteiger partial charge in [-0.3, -0.25) is 0 Å². The number of hydrogen-bond donors (Lipinski definition) is 3. The van der Waals surface area contributed by atoms with Gasteiger partial charge in [-0.05, 0) is 25.0 Å². The topological polar surface area (TPSA) is 61.7 Å². The highest BCUT2D eigenvalue weighted by atomic mass is 35.5. The Hall–Kier alpha value is -0.520. The standard InChI is InChI=1S/C13H17Cl2NO3/c14-9-1-2-11(15)12(5-9)19-7-10(18)6-16-13(8-17)3-4-13/h1-2,5,10,16-18H,3-4,6-8H2. The molecule has 0 heterocycles. The van der Waals surface area contributed by atoms with E-state index in [0.717, 1.165) is 12.8 Å². The third-order valence-corrected chi connectivity index (χ3v) is 3.74. The number of aliphatic hydroxyl groups excluding tert-OH is 2. The van der Waals surface area contributed by atoms with Crippen LogP contribution in [0.15, 0.2) is 18.2 Å². The summed E-state index contributed by atoms with van der Waals surface area (Å²) in [5.41, 5.74) is -0.186. The van der Waals surface area contributed by atoms with E-state index >= 15 is 0 Å². The molecule has 1 fully saturated rings. The highest BCUT2D eigenvalue weighted by Crippen LogP contribution is 2.34. The Morgan fingerprint density at radius 1 is 1.37 bits per heavy atom. The second-order valence-corrected chi connectivity index (χ2v) is 5.70. The summed E-state index contributed by atoms with van der Waals surface area (Å²) in [5, 5.41) is 23.1. The zero-order valence-corrected chi connectivity index (χ0v) is 11.9. The Bertz CT molecular complexity index is 438. The van der Waals surface area contributed by atoms with Crippen LogP contribution >= 0.6 is 23.2 Å². The average molecular weight is 306 g/mol. The zero-order valence-electron chi connectivity index (χ0n) is 10.4. The van der Waals surface area contributed by atoms with Gasteiger partial charge in [-0.15, -0.1) is 0 Å². The molecule has 4 nitrogen and oxygen atoms in total. The number of rotatable bonds is 7. The Labute approximate surface area is 122 Å². The number of aliphatic hydroxyl groups is 2. The van der Waals surface area contributed by atoms with Crippen molar-refractivity contribution in [1.82, 2.24) is 5.32 Å². The summed E-state index contributed by atoms with van der Waals surface area (Å²) in [6.45, 7) is 0.591. The molecule has 1 unspecified atom stereocenters. The van der Waals surface area contributed by atoms with Crippen molar-refractivity contribution in [3.8, 4) is 5.75 Å². The van der Waals surface area contributed by atoms with E-state index in [9.17, 15) is 5.11 Å². The Morgan fingerprint density at radius 3 is 2.74 bits per heavy atom. The molecule has 1 aromatic rings. The van der Waals surface area contributed by atoms with Gasteiger partial charge >= 0.3 is 0 Å². The number of β-amino-alcohol motifs (C(OH)–C–C–N with tert-alkyl or cyclic N) is 1. The molecule has 0 amide bonds. The van der Waals surface area contributed by atoms with Crippen LogP contribution in [-0.4, -0.2) is 41.6 Å². The minimum atomic E-state index is -0.668. The molecule has 19 heavy (non-hydrogen) atoms. The fraction of sp³-hybridized carbons (Fsp3) is 0.538. The molecule has 0 aliphatic heterocycles. The molecule has 0 bridgehead atoms. The van der Waals surface area contributed by atoms with Gasteiger partial charge in [-0.25, -0.2) is 0 Å². The lowest BCUT2D eigenvalue weighted by Crippen LogP contribution is -2.41. The summed E-state index contributed by atoms with van der Waals surface area (Å²) in [6, 6.07) is 4.93. The van der Waals surface area contributed by atoms with Crippen LogP contribution in [0.3, 0.4) is 0 Å². The minimum absolute atomic E-state index is 0.0979. The molecule has 6 heteroatoms. The van der Waals surface area contributed by atoms with E-state index in [1.54, 1.807) is 18.2 Å². The SMILES string of the molecule is OCC1(NCC(O)COc2cc(Cl)ccc2Cl)CC1. The molecular formula is C13H17Cl2NO3. The van der Waals surface area contributed by atoms with E-state index in [0.29, 0.717) is 22.3 Å². The smallest absolute Gasteiger partial charge is 0.139 e. The molecular weight excluding hydrogens is 289 g/mol. The minimum Gasteiger partial charge on any atom is -0.489 e. The molecule has 1 saturated carbocycles. The van der Waals surface area contributed by atoms with Crippen molar-refractivity contribution < 1.29 is 14.9 Å². The van der Waals surface area contributed by atoms with Crippen LogP contribution in [0, 0.1) is 0 Å². The highest BCUT2D eigenvalue weighted by Gasteiger charge is 2.41. The van der Waals surface area contributed by atoms with Gasteiger partial charge < -0.3 is 20.3 Å². The Morgan fingerprint density at radius 2 is 2.11 bits per heavy atom. The summed E-state index contributed by atoms with van der Waals surface area (Å²) in [4.78, 5) is 0. The molecule has 3 N–H and O–H groups in total. The van der Waals surface area contributed by atoms with Crippen molar-refractivity contribution in [1.29, 1.82) is 0 Å². The molecule has 1 aliphatic rings. The molecule has 0 radical (unpaired) electrons. The molecule has 2 rings (SSSR count). The van der Waals surface area contributed by atoms with Crippen LogP contribution in [0.2, 0.25) is 10.0 Å². The fourth-order valence-corrected chi connectivity index (χ4v) is 2.04. The fourth-order valence-electron chi connectivity index (χ4n) is 1.71. The first-order valence-electron chi connectivity index (χ1n) is 6.16. The van der Waals surface area contributed by atoms with Crippen molar-refractivity contribution in [3.05, 3.63) is 28.2 Å². The van der Waals surface area contributed by atoms with Gasteiger partial charge in [0.15, 0.2) is 0 Å². The second-order valence-electron chi connectivity index (χ2n) is 4.86. The molecule has 0 saturated heterocycles. The maximum absolute atomic E-state index is 9.81. The quantitative estimate of drug-likeness (QED) is 0.719. The normalized spacial score (nSPS) is 18.1. The van der Waals surface area contributed by atoms with E-state index in [4.69, 9.17) is 33.0 Å². The first kappa shape index (κ1) is 14.9. The van der Waals surface area contributed by atoms with Crippen molar-refractivity contribution in [2.75, 3.05) is 19.8 Å². The number of nitrogens with one attached hydrogen (secondary N) is 1. The van der Waals surface area contributed by atoms with Gasteiger partial charge in [-0.1, -0.05) is 23.2 Å². The number of benzene rings is 1. The molecule has 0 spiro atoms. The first-order valence-corrected chi connectivity index (χ1v) is 6.92.